The number of hydrogen-bond donors (Lipinski definition) is 1. The monoisotopic (exact) mass is 313 g/mol. The largest absolute Gasteiger partial charge is 0.380 e. The van der Waals surface area contributed by atoms with E-state index < -0.39 is 0 Å². The predicted molar refractivity (Wildman–Crippen MR) is 82.5 cm³/mol. The average molecular weight is 314 g/mol. The van der Waals surface area contributed by atoms with Gasteiger partial charge in [0.1, 0.15) is 0 Å². The molecule has 19 heavy (non-hydrogen) atoms. The van der Waals surface area contributed by atoms with E-state index in [4.69, 9.17) is 16.3 Å². The molecule has 0 amide bonds. The Hall–Kier alpha value is -0.390. The lowest BCUT2D eigenvalue weighted by Gasteiger charge is -2.27. The molecule has 0 aromatic carbocycles. The maximum Gasteiger partial charge on any atom is 0.0931 e. The van der Waals surface area contributed by atoms with Crippen LogP contribution in [0.3, 0.4) is 0 Å². The van der Waals surface area contributed by atoms with Gasteiger partial charge >= 0.3 is 0 Å². The van der Waals surface area contributed by atoms with Crippen molar-refractivity contribution in [2.75, 3.05) is 13.2 Å². The van der Waals surface area contributed by atoms with Crippen molar-refractivity contribution in [2.24, 2.45) is 0 Å². The van der Waals surface area contributed by atoms with Crippen LogP contribution >= 0.6 is 34.3 Å². The van der Waals surface area contributed by atoms with Gasteiger partial charge in [-0.05, 0) is 36.4 Å². The zero-order valence-corrected chi connectivity index (χ0v) is 12.9. The molecule has 1 fully saturated rings. The maximum absolute atomic E-state index is 6.08. The highest BCUT2D eigenvalue weighted by Gasteiger charge is 2.22. The molecule has 1 N–H and O–H groups in total. The SMILES string of the molecule is Clc1ccc(C(NC2CCCOC2)c2cccs2)s1. The van der Waals surface area contributed by atoms with E-state index in [1.165, 1.54) is 16.2 Å². The van der Waals surface area contributed by atoms with Crippen LogP contribution in [0.2, 0.25) is 4.34 Å². The van der Waals surface area contributed by atoms with E-state index in [1.807, 2.05) is 6.07 Å². The summed E-state index contributed by atoms with van der Waals surface area (Å²) >= 11 is 9.51. The van der Waals surface area contributed by atoms with Crippen molar-refractivity contribution < 1.29 is 4.74 Å². The molecule has 1 saturated heterocycles. The smallest absolute Gasteiger partial charge is 0.0931 e. The van der Waals surface area contributed by atoms with Gasteiger partial charge in [-0.25, -0.2) is 0 Å². The topological polar surface area (TPSA) is 21.3 Å². The molecule has 2 unspecified atom stereocenters. The van der Waals surface area contributed by atoms with Crippen LogP contribution in [0.5, 0.6) is 0 Å². The lowest BCUT2D eigenvalue weighted by Crippen LogP contribution is -2.39. The third kappa shape index (κ3) is 3.38. The molecule has 1 aliphatic heterocycles. The van der Waals surface area contributed by atoms with Crippen molar-refractivity contribution >= 4 is 34.3 Å². The van der Waals surface area contributed by atoms with E-state index in [0.717, 1.165) is 24.0 Å². The number of thiophene rings is 2. The van der Waals surface area contributed by atoms with Crippen molar-refractivity contribution in [3.63, 3.8) is 0 Å². The van der Waals surface area contributed by atoms with Gasteiger partial charge in [0.25, 0.3) is 0 Å². The van der Waals surface area contributed by atoms with E-state index >= 15 is 0 Å². The van der Waals surface area contributed by atoms with Crippen LogP contribution < -0.4 is 5.32 Å². The van der Waals surface area contributed by atoms with Crippen molar-refractivity contribution in [1.82, 2.24) is 5.32 Å². The Kier molecular flexibility index (Phi) is 4.56. The number of rotatable bonds is 4. The van der Waals surface area contributed by atoms with Crippen LogP contribution in [-0.4, -0.2) is 19.3 Å². The van der Waals surface area contributed by atoms with Crippen molar-refractivity contribution in [1.29, 1.82) is 0 Å². The molecule has 0 saturated carbocycles. The first-order chi connectivity index (χ1) is 9.33. The molecule has 2 aromatic rings. The average Bonchev–Trinajstić information content (AvgIpc) is 3.09. The molecule has 3 rings (SSSR count). The summed E-state index contributed by atoms with van der Waals surface area (Å²) in [5.74, 6) is 0. The van der Waals surface area contributed by atoms with E-state index in [-0.39, 0.29) is 6.04 Å². The third-order valence-corrected chi connectivity index (χ3v) is 5.50. The van der Waals surface area contributed by atoms with Crippen molar-refractivity contribution in [2.45, 2.75) is 24.9 Å². The minimum absolute atomic E-state index is 0.240. The van der Waals surface area contributed by atoms with Gasteiger partial charge in [0.05, 0.1) is 17.0 Å². The Balaban J connectivity index is 1.80. The molecular weight excluding hydrogens is 298 g/mol. The minimum atomic E-state index is 0.240. The Labute approximate surface area is 126 Å². The zero-order chi connectivity index (χ0) is 13.1. The van der Waals surface area contributed by atoms with Crippen LogP contribution in [0.25, 0.3) is 0 Å². The van der Waals surface area contributed by atoms with E-state index in [2.05, 4.69) is 28.9 Å². The Morgan fingerprint density at radius 3 is 2.89 bits per heavy atom. The maximum atomic E-state index is 6.08. The Bertz CT molecular complexity index is 505. The Morgan fingerprint density at radius 2 is 2.26 bits per heavy atom. The lowest BCUT2D eigenvalue weighted by molar-refractivity contribution is 0.0681. The summed E-state index contributed by atoms with van der Waals surface area (Å²) in [6.07, 6.45) is 2.32. The molecule has 2 atom stereocenters. The van der Waals surface area contributed by atoms with Crippen molar-refractivity contribution in [3.05, 3.63) is 43.7 Å². The molecule has 0 bridgehead atoms. The number of hydrogen-bond acceptors (Lipinski definition) is 4. The second-order valence-corrected chi connectivity index (χ2v) is 7.40. The van der Waals surface area contributed by atoms with Crippen LogP contribution in [-0.2, 0) is 4.74 Å². The molecule has 0 aliphatic carbocycles. The van der Waals surface area contributed by atoms with Crippen LogP contribution in [0.1, 0.15) is 28.6 Å². The van der Waals surface area contributed by atoms with E-state index in [0.29, 0.717) is 6.04 Å². The van der Waals surface area contributed by atoms with Gasteiger partial charge in [0, 0.05) is 22.4 Å². The van der Waals surface area contributed by atoms with Gasteiger partial charge in [0.2, 0.25) is 0 Å². The van der Waals surface area contributed by atoms with Gasteiger partial charge in [-0.15, -0.1) is 22.7 Å². The van der Waals surface area contributed by atoms with Crippen LogP contribution in [0, 0.1) is 0 Å². The fourth-order valence-electron chi connectivity index (χ4n) is 2.35. The van der Waals surface area contributed by atoms with Gasteiger partial charge in [-0.3, -0.25) is 5.32 Å². The summed E-state index contributed by atoms with van der Waals surface area (Å²) in [7, 11) is 0. The number of halogens is 1. The lowest BCUT2D eigenvalue weighted by atomic mass is 10.1. The van der Waals surface area contributed by atoms with Gasteiger partial charge < -0.3 is 4.74 Å². The van der Waals surface area contributed by atoms with E-state index in [9.17, 15) is 0 Å². The molecule has 0 radical (unpaired) electrons. The Morgan fingerprint density at radius 1 is 1.32 bits per heavy atom. The fraction of sp³-hybridized carbons (Fsp3) is 0.429. The molecule has 1 aliphatic rings. The standard InChI is InChI=1S/C14H16ClNOS2/c15-13-6-5-12(19-13)14(11-4-2-8-18-11)16-10-3-1-7-17-9-10/h2,4-6,8,10,14,16H,1,3,7,9H2. The second kappa shape index (κ2) is 6.37. The summed E-state index contributed by atoms with van der Waals surface area (Å²) in [6, 6.07) is 9.04. The van der Waals surface area contributed by atoms with Gasteiger partial charge in [-0.1, -0.05) is 17.7 Å². The zero-order valence-electron chi connectivity index (χ0n) is 10.5. The highest BCUT2D eigenvalue weighted by Crippen LogP contribution is 2.33. The molecule has 2 aromatic heterocycles. The van der Waals surface area contributed by atoms with Crippen LogP contribution in [0.15, 0.2) is 29.6 Å². The predicted octanol–water partition coefficient (Wildman–Crippen LogP) is 4.32. The number of ether oxygens (including phenoxy) is 1. The molecule has 102 valence electrons. The van der Waals surface area contributed by atoms with Crippen molar-refractivity contribution in [3.8, 4) is 0 Å². The highest BCUT2D eigenvalue weighted by molar-refractivity contribution is 7.16. The number of nitrogens with one attached hydrogen (secondary N) is 1. The fourth-order valence-corrected chi connectivity index (χ4v) is 4.37. The molecule has 3 heterocycles. The molecular formula is C14H16ClNOS2. The summed E-state index contributed by atoms with van der Waals surface area (Å²) in [6.45, 7) is 1.70. The molecule has 0 spiro atoms. The first kappa shape index (κ1) is 13.6. The van der Waals surface area contributed by atoms with Gasteiger partial charge in [-0.2, -0.15) is 0 Å². The normalized spacial score (nSPS) is 21.4. The second-order valence-electron chi connectivity index (χ2n) is 4.67. The minimum Gasteiger partial charge on any atom is -0.380 e. The van der Waals surface area contributed by atoms with Crippen LogP contribution in [0.4, 0.5) is 0 Å². The summed E-state index contributed by atoms with van der Waals surface area (Å²) in [5, 5.41) is 5.85. The highest BCUT2D eigenvalue weighted by atomic mass is 35.5. The first-order valence-corrected chi connectivity index (χ1v) is 8.53. The summed E-state index contributed by atoms with van der Waals surface area (Å²) in [4.78, 5) is 2.61. The van der Waals surface area contributed by atoms with E-state index in [1.54, 1.807) is 22.7 Å². The third-order valence-electron chi connectivity index (χ3n) is 3.27. The first-order valence-electron chi connectivity index (χ1n) is 6.45. The summed E-state index contributed by atoms with van der Waals surface area (Å²) < 4.78 is 6.41. The molecule has 2 nitrogen and oxygen atoms in total. The van der Waals surface area contributed by atoms with Gasteiger partial charge in [0.15, 0.2) is 0 Å². The quantitative estimate of drug-likeness (QED) is 0.907. The summed E-state index contributed by atoms with van der Waals surface area (Å²) in [5.41, 5.74) is 0. The molecule has 5 heteroatoms.